The minimum absolute atomic E-state index is 0.0352. The Balaban J connectivity index is 3.11. The van der Waals surface area contributed by atoms with Crippen molar-refractivity contribution in [3.05, 3.63) is 40.0 Å². The molecule has 1 rings (SSSR count). The van der Waals surface area contributed by atoms with Gasteiger partial charge in [-0.2, -0.15) is 0 Å². The Hall–Kier alpha value is -1.88. The van der Waals surface area contributed by atoms with Crippen LogP contribution in [0, 0.1) is 10.1 Å². The summed E-state index contributed by atoms with van der Waals surface area (Å²) in [5.74, 6) is 0.418. The number of rotatable bonds is 4. The summed E-state index contributed by atoms with van der Waals surface area (Å²) < 4.78 is 4.92. The first-order chi connectivity index (χ1) is 7.17. The molecular formula is C10H11NO4. The zero-order chi connectivity index (χ0) is 11.3. The highest BCUT2D eigenvalue weighted by Gasteiger charge is 2.08. The Bertz CT molecular complexity index is 387. The Kier molecular flexibility index (Phi) is 3.82. The second kappa shape index (κ2) is 5.11. The normalized spacial score (nSPS) is 10.5. The van der Waals surface area contributed by atoms with Crippen molar-refractivity contribution in [1.82, 2.24) is 0 Å². The molecule has 5 heteroatoms. The molecule has 1 aromatic carbocycles. The third-order valence-corrected chi connectivity index (χ3v) is 1.78. The average molecular weight is 209 g/mol. The van der Waals surface area contributed by atoms with Crippen LogP contribution in [0.25, 0.3) is 6.08 Å². The molecule has 0 spiro atoms. The van der Waals surface area contributed by atoms with Crippen LogP contribution in [0.1, 0.15) is 5.56 Å². The highest BCUT2D eigenvalue weighted by Crippen LogP contribution is 2.23. The molecule has 0 amide bonds. The maximum Gasteiger partial charge on any atom is 0.273 e. The fraction of sp³-hybridized carbons (Fsp3) is 0.200. The number of ether oxygens (including phenoxy) is 1. The molecule has 1 N–H and O–H groups in total. The van der Waals surface area contributed by atoms with Gasteiger partial charge in [0.2, 0.25) is 0 Å². The highest BCUT2D eigenvalue weighted by atomic mass is 16.6. The van der Waals surface area contributed by atoms with E-state index in [1.807, 2.05) is 0 Å². The van der Waals surface area contributed by atoms with Crippen molar-refractivity contribution >= 4 is 11.8 Å². The van der Waals surface area contributed by atoms with Crippen molar-refractivity contribution in [2.24, 2.45) is 0 Å². The Morgan fingerprint density at radius 3 is 2.80 bits per heavy atom. The van der Waals surface area contributed by atoms with E-state index in [2.05, 4.69) is 0 Å². The van der Waals surface area contributed by atoms with Crippen molar-refractivity contribution < 1.29 is 14.8 Å². The number of non-ortho nitro benzene ring substituents is 1. The number of nitro benzene ring substituents is 1. The van der Waals surface area contributed by atoms with Gasteiger partial charge in [-0.3, -0.25) is 10.1 Å². The Labute approximate surface area is 86.8 Å². The van der Waals surface area contributed by atoms with Gasteiger partial charge in [0.1, 0.15) is 5.75 Å². The molecule has 0 saturated carbocycles. The van der Waals surface area contributed by atoms with E-state index in [1.165, 1.54) is 25.3 Å². The van der Waals surface area contributed by atoms with Gasteiger partial charge in [0.05, 0.1) is 24.7 Å². The second-order valence-corrected chi connectivity index (χ2v) is 2.81. The van der Waals surface area contributed by atoms with Crippen LogP contribution < -0.4 is 4.74 Å². The smallest absolute Gasteiger partial charge is 0.273 e. The van der Waals surface area contributed by atoms with Crippen LogP contribution in [0.15, 0.2) is 24.3 Å². The number of hydrogen-bond acceptors (Lipinski definition) is 4. The predicted octanol–water partition coefficient (Wildman–Crippen LogP) is 1.61. The molecule has 80 valence electrons. The van der Waals surface area contributed by atoms with Crippen LogP contribution in [-0.4, -0.2) is 23.7 Å². The van der Waals surface area contributed by atoms with Gasteiger partial charge in [0.25, 0.3) is 5.69 Å². The first kappa shape index (κ1) is 11.2. The number of aliphatic hydroxyl groups excluding tert-OH is 1. The van der Waals surface area contributed by atoms with Crippen LogP contribution in [-0.2, 0) is 0 Å². The average Bonchev–Trinajstić information content (AvgIpc) is 2.25. The highest BCUT2D eigenvalue weighted by molar-refractivity contribution is 5.57. The van der Waals surface area contributed by atoms with E-state index in [9.17, 15) is 10.1 Å². The summed E-state index contributed by atoms with van der Waals surface area (Å²) in [5, 5.41) is 19.2. The third-order valence-electron chi connectivity index (χ3n) is 1.78. The van der Waals surface area contributed by atoms with Crippen molar-refractivity contribution in [3.63, 3.8) is 0 Å². The fourth-order valence-electron chi connectivity index (χ4n) is 1.11. The monoisotopic (exact) mass is 209 g/mol. The quantitative estimate of drug-likeness (QED) is 0.604. The third kappa shape index (κ3) is 3.07. The van der Waals surface area contributed by atoms with Gasteiger partial charge in [0.15, 0.2) is 0 Å². The molecule has 0 heterocycles. The van der Waals surface area contributed by atoms with Crippen molar-refractivity contribution in [2.45, 2.75) is 0 Å². The summed E-state index contributed by atoms with van der Waals surface area (Å²) >= 11 is 0. The van der Waals surface area contributed by atoms with Crippen LogP contribution in [0.5, 0.6) is 5.75 Å². The van der Waals surface area contributed by atoms with Crippen LogP contribution in [0.3, 0.4) is 0 Å². The maximum atomic E-state index is 10.6. The van der Waals surface area contributed by atoms with E-state index in [4.69, 9.17) is 9.84 Å². The number of nitrogens with zero attached hydrogens (tertiary/aromatic N) is 1. The lowest BCUT2D eigenvalue weighted by atomic mass is 10.2. The minimum atomic E-state index is -0.487. The first-order valence-electron chi connectivity index (χ1n) is 4.28. The lowest BCUT2D eigenvalue weighted by Gasteiger charge is -2.01. The maximum absolute atomic E-state index is 10.6. The molecule has 0 fully saturated rings. The van der Waals surface area contributed by atoms with E-state index in [0.29, 0.717) is 11.3 Å². The lowest BCUT2D eigenvalue weighted by Crippen LogP contribution is -1.91. The van der Waals surface area contributed by atoms with Crippen LogP contribution in [0.2, 0.25) is 0 Å². The molecule has 0 aromatic heterocycles. The second-order valence-electron chi connectivity index (χ2n) is 2.81. The largest absolute Gasteiger partial charge is 0.496 e. The van der Waals surface area contributed by atoms with Crippen LogP contribution in [0.4, 0.5) is 5.69 Å². The molecule has 0 aliphatic heterocycles. The Morgan fingerprint density at radius 2 is 2.27 bits per heavy atom. The molecule has 0 unspecified atom stereocenters. The molecule has 0 atom stereocenters. The molecular weight excluding hydrogens is 198 g/mol. The summed E-state index contributed by atoms with van der Waals surface area (Å²) in [4.78, 5) is 10.1. The predicted molar refractivity (Wildman–Crippen MR) is 55.8 cm³/mol. The number of nitro groups is 1. The van der Waals surface area contributed by atoms with Crippen molar-refractivity contribution in [1.29, 1.82) is 0 Å². The SMILES string of the molecule is COc1cc(C=CCO)cc([N+](=O)[O-])c1. The molecule has 1 aromatic rings. The fourth-order valence-corrected chi connectivity index (χ4v) is 1.11. The lowest BCUT2D eigenvalue weighted by molar-refractivity contribution is -0.384. The number of aliphatic hydroxyl groups is 1. The van der Waals surface area contributed by atoms with E-state index >= 15 is 0 Å². The summed E-state index contributed by atoms with van der Waals surface area (Å²) in [5.41, 5.74) is 0.585. The summed E-state index contributed by atoms with van der Waals surface area (Å²) in [6.07, 6.45) is 3.09. The summed E-state index contributed by atoms with van der Waals surface area (Å²) in [6, 6.07) is 4.41. The molecule has 0 radical (unpaired) electrons. The zero-order valence-corrected chi connectivity index (χ0v) is 8.21. The van der Waals surface area contributed by atoms with E-state index in [-0.39, 0.29) is 12.3 Å². The zero-order valence-electron chi connectivity index (χ0n) is 8.21. The van der Waals surface area contributed by atoms with E-state index < -0.39 is 4.92 Å². The van der Waals surface area contributed by atoms with Crippen molar-refractivity contribution in [3.8, 4) is 5.75 Å². The molecule has 5 nitrogen and oxygen atoms in total. The van der Waals surface area contributed by atoms with Gasteiger partial charge < -0.3 is 9.84 Å². The van der Waals surface area contributed by atoms with Gasteiger partial charge in [-0.1, -0.05) is 12.2 Å². The summed E-state index contributed by atoms with van der Waals surface area (Å²) in [7, 11) is 1.44. The molecule has 0 aliphatic carbocycles. The molecule has 15 heavy (non-hydrogen) atoms. The van der Waals surface area contributed by atoms with Crippen LogP contribution >= 0.6 is 0 Å². The Morgan fingerprint density at radius 1 is 1.53 bits per heavy atom. The van der Waals surface area contributed by atoms with E-state index in [0.717, 1.165) is 0 Å². The minimum Gasteiger partial charge on any atom is -0.496 e. The van der Waals surface area contributed by atoms with Gasteiger partial charge in [-0.15, -0.1) is 0 Å². The molecule has 0 aliphatic rings. The van der Waals surface area contributed by atoms with Gasteiger partial charge in [-0.05, 0) is 11.6 Å². The van der Waals surface area contributed by atoms with Gasteiger partial charge in [-0.25, -0.2) is 0 Å². The topological polar surface area (TPSA) is 72.6 Å². The summed E-state index contributed by atoms with van der Waals surface area (Å²) in [6.45, 7) is -0.106. The van der Waals surface area contributed by atoms with Crippen molar-refractivity contribution in [2.75, 3.05) is 13.7 Å². The number of hydrogen-bond donors (Lipinski definition) is 1. The molecule has 0 saturated heterocycles. The van der Waals surface area contributed by atoms with Gasteiger partial charge >= 0.3 is 0 Å². The number of methoxy groups -OCH3 is 1. The van der Waals surface area contributed by atoms with E-state index in [1.54, 1.807) is 12.1 Å². The number of benzene rings is 1. The first-order valence-corrected chi connectivity index (χ1v) is 4.28. The molecule has 0 bridgehead atoms. The van der Waals surface area contributed by atoms with Gasteiger partial charge in [0, 0.05) is 6.07 Å². The standard InChI is InChI=1S/C10H11NO4/c1-15-10-6-8(3-2-4-12)5-9(7-10)11(13)14/h2-3,5-7,12H,4H2,1H3.